The Morgan fingerprint density at radius 1 is 1.23 bits per heavy atom. The number of amides is 1. The number of benzene rings is 2. The zero-order valence-electron chi connectivity index (χ0n) is 12.1. The number of carbonyl (C=O) groups excluding carboxylic acids is 1. The van der Waals surface area contributed by atoms with Crippen LogP contribution in [0.15, 0.2) is 42.5 Å². The molecule has 0 bridgehead atoms. The molecule has 0 unspecified atom stereocenters. The molecular weight excluding hydrogens is 296 g/mol. The van der Waals surface area contributed by atoms with Crippen molar-refractivity contribution < 1.29 is 4.79 Å². The van der Waals surface area contributed by atoms with Crippen molar-refractivity contribution in [3.05, 3.63) is 53.0 Å². The van der Waals surface area contributed by atoms with E-state index in [0.29, 0.717) is 12.1 Å². The summed E-state index contributed by atoms with van der Waals surface area (Å²) >= 11 is 1.67. The molecule has 0 saturated heterocycles. The predicted molar refractivity (Wildman–Crippen MR) is 91.5 cm³/mol. The van der Waals surface area contributed by atoms with Crippen LogP contribution in [0, 0.1) is 0 Å². The highest BCUT2D eigenvalue weighted by molar-refractivity contribution is 7.18. The normalized spacial score (nSPS) is 10.6. The summed E-state index contributed by atoms with van der Waals surface area (Å²) in [5.41, 5.74) is 8.54. The molecule has 0 radical (unpaired) electrons. The SMILES string of the molecule is CNc1cc(C(N)=O)ccc1NCc1nc2ccccc2s1. The molecule has 4 N–H and O–H groups in total. The quantitative estimate of drug-likeness (QED) is 0.676. The van der Waals surface area contributed by atoms with Gasteiger partial charge < -0.3 is 16.4 Å². The van der Waals surface area contributed by atoms with Gasteiger partial charge in [0.15, 0.2) is 0 Å². The molecule has 0 saturated carbocycles. The van der Waals surface area contributed by atoms with Crippen LogP contribution >= 0.6 is 11.3 Å². The number of hydrogen-bond acceptors (Lipinski definition) is 5. The van der Waals surface area contributed by atoms with Crippen molar-refractivity contribution in [3.63, 3.8) is 0 Å². The van der Waals surface area contributed by atoms with E-state index in [1.807, 2.05) is 31.3 Å². The van der Waals surface area contributed by atoms with Gasteiger partial charge in [-0.1, -0.05) is 12.1 Å². The Hall–Kier alpha value is -2.60. The van der Waals surface area contributed by atoms with Crippen LogP contribution in [0.4, 0.5) is 11.4 Å². The lowest BCUT2D eigenvalue weighted by molar-refractivity contribution is 0.100. The monoisotopic (exact) mass is 312 g/mol. The number of fused-ring (bicyclic) bond motifs is 1. The molecule has 3 aromatic rings. The fraction of sp³-hybridized carbons (Fsp3) is 0.125. The van der Waals surface area contributed by atoms with Gasteiger partial charge in [0.25, 0.3) is 0 Å². The van der Waals surface area contributed by atoms with Gasteiger partial charge in [0.05, 0.1) is 28.1 Å². The summed E-state index contributed by atoms with van der Waals surface area (Å²) in [6, 6.07) is 13.4. The van der Waals surface area contributed by atoms with E-state index in [1.54, 1.807) is 23.5 Å². The molecule has 1 heterocycles. The summed E-state index contributed by atoms with van der Waals surface area (Å²) in [6.45, 7) is 0.629. The Morgan fingerprint density at radius 3 is 2.77 bits per heavy atom. The maximum atomic E-state index is 11.2. The molecule has 3 rings (SSSR count). The summed E-state index contributed by atoms with van der Waals surface area (Å²) < 4.78 is 1.18. The molecule has 0 fully saturated rings. The summed E-state index contributed by atoms with van der Waals surface area (Å²) in [4.78, 5) is 15.8. The number of nitrogens with one attached hydrogen (secondary N) is 2. The lowest BCUT2D eigenvalue weighted by atomic mass is 10.1. The third kappa shape index (κ3) is 2.87. The van der Waals surface area contributed by atoms with Gasteiger partial charge in [-0.3, -0.25) is 4.79 Å². The zero-order chi connectivity index (χ0) is 15.5. The highest BCUT2D eigenvalue weighted by Gasteiger charge is 2.08. The Balaban J connectivity index is 1.79. The molecule has 112 valence electrons. The van der Waals surface area contributed by atoms with E-state index >= 15 is 0 Å². The molecule has 2 aromatic carbocycles. The Bertz CT molecular complexity index is 795. The first-order valence-corrected chi connectivity index (χ1v) is 7.69. The second kappa shape index (κ2) is 6.03. The van der Waals surface area contributed by atoms with Crippen LogP contribution in [0.2, 0.25) is 0 Å². The molecule has 1 aromatic heterocycles. The van der Waals surface area contributed by atoms with Crippen molar-refractivity contribution in [2.45, 2.75) is 6.54 Å². The minimum atomic E-state index is -0.436. The van der Waals surface area contributed by atoms with Crippen LogP contribution in [-0.4, -0.2) is 17.9 Å². The van der Waals surface area contributed by atoms with E-state index < -0.39 is 5.91 Å². The van der Waals surface area contributed by atoms with E-state index in [4.69, 9.17) is 5.73 Å². The summed E-state index contributed by atoms with van der Waals surface area (Å²) in [7, 11) is 1.81. The third-order valence-electron chi connectivity index (χ3n) is 3.34. The van der Waals surface area contributed by atoms with Crippen LogP contribution in [0.5, 0.6) is 0 Å². The second-order valence-electron chi connectivity index (χ2n) is 4.80. The van der Waals surface area contributed by atoms with Gasteiger partial charge in [0.1, 0.15) is 5.01 Å². The van der Waals surface area contributed by atoms with Crippen LogP contribution in [-0.2, 0) is 6.54 Å². The van der Waals surface area contributed by atoms with Crippen molar-refractivity contribution in [1.29, 1.82) is 0 Å². The van der Waals surface area contributed by atoms with Gasteiger partial charge in [-0.25, -0.2) is 4.98 Å². The molecule has 6 heteroatoms. The van der Waals surface area contributed by atoms with Crippen LogP contribution in [0.3, 0.4) is 0 Å². The van der Waals surface area contributed by atoms with Gasteiger partial charge in [0, 0.05) is 12.6 Å². The van der Waals surface area contributed by atoms with Crippen LogP contribution in [0.25, 0.3) is 10.2 Å². The maximum Gasteiger partial charge on any atom is 0.248 e. The van der Waals surface area contributed by atoms with E-state index in [9.17, 15) is 4.79 Å². The van der Waals surface area contributed by atoms with Gasteiger partial charge >= 0.3 is 0 Å². The van der Waals surface area contributed by atoms with E-state index in [1.165, 1.54) is 4.70 Å². The highest BCUT2D eigenvalue weighted by atomic mass is 32.1. The van der Waals surface area contributed by atoms with Gasteiger partial charge in [0.2, 0.25) is 5.91 Å². The third-order valence-corrected chi connectivity index (χ3v) is 4.38. The lowest BCUT2D eigenvalue weighted by Crippen LogP contribution is -2.12. The Morgan fingerprint density at radius 2 is 2.05 bits per heavy atom. The number of thiazole rings is 1. The molecule has 0 atom stereocenters. The van der Waals surface area contributed by atoms with Crippen molar-refractivity contribution >= 4 is 38.8 Å². The van der Waals surface area contributed by atoms with Crippen LogP contribution < -0.4 is 16.4 Å². The number of aromatic nitrogens is 1. The van der Waals surface area contributed by atoms with E-state index in [-0.39, 0.29) is 0 Å². The van der Waals surface area contributed by atoms with E-state index in [0.717, 1.165) is 21.9 Å². The number of para-hydroxylation sites is 1. The Labute approximate surface area is 132 Å². The number of hydrogen-bond donors (Lipinski definition) is 3. The minimum absolute atomic E-state index is 0.436. The Kier molecular flexibility index (Phi) is 3.93. The van der Waals surface area contributed by atoms with Crippen LogP contribution in [0.1, 0.15) is 15.4 Å². The molecule has 0 aliphatic carbocycles. The number of nitrogens with two attached hydrogens (primary N) is 1. The fourth-order valence-corrected chi connectivity index (χ4v) is 3.13. The number of anilines is 2. The molecule has 1 amide bonds. The van der Waals surface area contributed by atoms with E-state index in [2.05, 4.69) is 21.7 Å². The average molecular weight is 312 g/mol. The number of carbonyl (C=O) groups is 1. The number of rotatable bonds is 5. The molecule has 0 spiro atoms. The standard InChI is InChI=1S/C16H16N4OS/c1-18-13-8-10(16(17)21)6-7-11(13)19-9-15-20-12-4-2-3-5-14(12)22-15/h2-8,18-19H,9H2,1H3,(H2,17,21). The average Bonchev–Trinajstić information content (AvgIpc) is 2.95. The fourth-order valence-electron chi connectivity index (χ4n) is 2.22. The molecule has 5 nitrogen and oxygen atoms in total. The molecule has 22 heavy (non-hydrogen) atoms. The first-order valence-electron chi connectivity index (χ1n) is 6.87. The number of primary amides is 1. The smallest absolute Gasteiger partial charge is 0.248 e. The number of nitrogens with zero attached hydrogens (tertiary/aromatic N) is 1. The topological polar surface area (TPSA) is 80.0 Å². The van der Waals surface area contributed by atoms with Crippen molar-refractivity contribution in [3.8, 4) is 0 Å². The van der Waals surface area contributed by atoms with Crippen molar-refractivity contribution in [2.75, 3.05) is 17.7 Å². The largest absolute Gasteiger partial charge is 0.386 e. The van der Waals surface area contributed by atoms with Gasteiger partial charge in [-0.05, 0) is 30.3 Å². The highest BCUT2D eigenvalue weighted by Crippen LogP contribution is 2.26. The molecule has 0 aliphatic heterocycles. The first-order chi connectivity index (χ1) is 10.7. The van der Waals surface area contributed by atoms with Gasteiger partial charge in [-0.15, -0.1) is 11.3 Å². The lowest BCUT2D eigenvalue weighted by Gasteiger charge is -2.11. The van der Waals surface area contributed by atoms with Crippen molar-refractivity contribution in [2.24, 2.45) is 5.73 Å². The molecular formula is C16H16N4OS. The second-order valence-corrected chi connectivity index (χ2v) is 5.92. The molecule has 0 aliphatic rings. The predicted octanol–water partition coefficient (Wildman–Crippen LogP) is 3.05. The summed E-state index contributed by atoms with van der Waals surface area (Å²) in [5, 5.41) is 7.42. The summed E-state index contributed by atoms with van der Waals surface area (Å²) in [5.74, 6) is -0.436. The summed E-state index contributed by atoms with van der Waals surface area (Å²) in [6.07, 6.45) is 0. The first kappa shape index (κ1) is 14.3. The van der Waals surface area contributed by atoms with Gasteiger partial charge in [-0.2, -0.15) is 0 Å². The van der Waals surface area contributed by atoms with Crippen molar-refractivity contribution in [1.82, 2.24) is 4.98 Å². The maximum absolute atomic E-state index is 11.2. The minimum Gasteiger partial charge on any atom is -0.386 e. The zero-order valence-corrected chi connectivity index (χ0v) is 12.9.